The van der Waals surface area contributed by atoms with Crippen molar-refractivity contribution in [2.75, 3.05) is 11.1 Å². The van der Waals surface area contributed by atoms with Crippen LogP contribution in [0.4, 0.5) is 36.4 Å². The van der Waals surface area contributed by atoms with Gasteiger partial charge >= 0.3 is 17.4 Å². The fraction of sp³-hybridized carbons (Fsp3) is 0.364. The monoisotopic (exact) mass is 413 g/mol. The first-order valence-corrected chi connectivity index (χ1v) is 8.82. The minimum atomic E-state index is -6.86. The summed E-state index contributed by atoms with van der Waals surface area (Å²) >= 11 is 0. The Morgan fingerprint density at radius 3 is 2.12 bits per heavy atom. The van der Waals surface area contributed by atoms with Crippen molar-refractivity contribution in [3.8, 4) is 0 Å². The standard InChI is InChI=1S/C11H6F7NO4S2/c12-9(13,10(14,15)16)11(17,18)25(22,23)5-1-2-7-6(3-5)19-8(20)4-24(7)21/h1-3H,4H2,(H,19,20). The quantitative estimate of drug-likeness (QED) is 0.772. The van der Waals surface area contributed by atoms with E-state index < -0.39 is 60.2 Å². The molecule has 1 aliphatic rings. The van der Waals surface area contributed by atoms with Crippen molar-refractivity contribution in [2.24, 2.45) is 0 Å². The summed E-state index contributed by atoms with van der Waals surface area (Å²) in [5.74, 6) is -8.25. The fourth-order valence-electron chi connectivity index (χ4n) is 1.84. The fourth-order valence-corrected chi connectivity index (χ4v) is 4.15. The highest BCUT2D eigenvalue weighted by atomic mass is 32.2. The second-order valence-corrected chi connectivity index (χ2v) is 8.20. The molecule has 0 bridgehead atoms. The molecular weight excluding hydrogens is 407 g/mol. The first-order chi connectivity index (χ1) is 11.1. The molecule has 2 rings (SSSR count). The molecule has 0 fully saturated rings. The van der Waals surface area contributed by atoms with Crippen molar-refractivity contribution >= 4 is 32.2 Å². The Morgan fingerprint density at radius 2 is 1.60 bits per heavy atom. The van der Waals surface area contributed by atoms with Gasteiger partial charge in [0.1, 0.15) is 5.75 Å². The van der Waals surface area contributed by atoms with Crippen molar-refractivity contribution in [3.05, 3.63) is 18.2 Å². The van der Waals surface area contributed by atoms with Crippen LogP contribution in [-0.4, -0.2) is 41.6 Å². The summed E-state index contributed by atoms with van der Waals surface area (Å²) in [6, 6.07) is 1.24. The molecule has 0 spiro atoms. The van der Waals surface area contributed by atoms with Gasteiger partial charge in [0.2, 0.25) is 15.7 Å². The van der Waals surface area contributed by atoms with Crippen LogP contribution in [0.3, 0.4) is 0 Å². The lowest BCUT2D eigenvalue weighted by Gasteiger charge is -2.28. The zero-order valence-electron chi connectivity index (χ0n) is 11.5. The average Bonchev–Trinajstić information content (AvgIpc) is 2.44. The average molecular weight is 413 g/mol. The first-order valence-electron chi connectivity index (χ1n) is 6.02. The van der Waals surface area contributed by atoms with Gasteiger partial charge in [-0.05, 0) is 18.2 Å². The molecule has 14 heteroatoms. The SMILES string of the molecule is O=C1CS(=O)c2ccc(S(=O)(=O)C(F)(F)C(F)(F)C(F)(F)F)cc2N1. The Bertz CT molecular complexity index is 864. The van der Waals surface area contributed by atoms with E-state index in [4.69, 9.17) is 0 Å². The van der Waals surface area contributed by atoms with Crippen LogP contribution in [0.25, 0.3) is 0 Å². The maximum Gasteiger partial charge on any atom is 0.461 e. The van der Waals surface area contributed by atoms with Crippen molar-refractivity contribution in [2.45, 2.75) is 27.1 Å². The highest BCUT2D eigenvalue weighted by Crippen LogP contribution is 2.51. The predicted molar refractivity (Wildman–Crippen MR) is 69.5 cm³/mol. The number of nitrogens with one attached hydrogen (secondary N) is 1. The third-order valence-corrected chi connectivity index (χ3v) is 6.28. The lowest BCUT2D eigenvalue weighted by Crippen LogP contribution is -2.55. The van der Waals surface area contributed by atoms with Gasteiger partial charge < -0.3 is 5.32 Å². The van der Waals surface area contributed by atoms with E-state index in [9.17, 15) is 48.2 Å². The van der Waals surface area contributed by atoms with Crippen LogP contribution in [0.15, 0.2) is 28.0 Å². The molecule has 1 aromatic carbocycles. The Kier molecular flexibility index (Phi) is 4.44. The Hall–Kier alpha value is -1.70. The molecule has 1 unspecified atom stereocenters. The van der Waals surface area contributed by atoms with Gasteiger partial charge in [-0.1, -0.05) is 0 Å². The van der Waals surface area contributed by atoms with Crippen molar-refractivity contribution < 1.29 is 48.2 Å². The van der Waals surface area contributed by atoms with Gasteiger partial charge in [0.05, 0.1) is 26.3 Å². The van der Waals surface area contributed by atoms with Gasteiger partial charge in [0.15, 0.2) is 0 Å². The molecule has 0 aliphatic carbocycles. The third kappa shape index (κ3) is 2.90. The second-order valence-electron chi connectivity index (χ2n) is 4.79. The molecule has 25 heavy (non-hydrogen) atoms. The van der Waals surface area contributed by atoms with Crippen LogP contribution in [0, 0.1) is 0 Å². The lowest BCUT2D eigenvalue weighted by atomic mass is 10.3. The minimum absolute atomic E-state index is 0.190. The van der Waals surface area contributed by atoms with E-state index in [0.717, 1.165) is 0 Å². The van der Waals surface area contributed by atoms with E-state index in [1.165, 1.54) is 0 Å². The molecule has 0 saturated carbocycles. The molecule has 1 amide bonds. The van der Waals surface area contributed by atoms with Gasteiger partial charge in [-0.25, -0.2) is 8.42 Å². The van der Waals surface area contributed by atoms with Gasteiger partial charge in [-0.15, -0.1) is 0 Å². The van der Waals surface area contributed by atoms with Gasteiger partial charge in [-0.2, -0.15) is 30.7 Å². The first kappa shape index (κ1) is 19.6. The largest absolute Gasteiger partial charge is 0.461 e. The number of hydrogen-bond acceptors (Lipinski definition) is 4. The minimum Gasteiger partial charge on any atom is -0.324 e. The number of fused-ring (bicyclic) bond motifs is 1. The summed E-state index contributed by atoms with van der Waals surface area (Å²) in [5.41, 5.74) is -0.540. The summed E-state index contributed by atoms with van der Waals surface area (Å²) in [5, 5.41) is -4.54. The Labute approximate surface area is 137 Å². The number of sulfone groups is 1. The zero-order chi connectivity index (χ0) is 19.4. The number of anilines is 1. The molecule has 5 nitrogen and oxygen atoms in total. The van der Waals surface area contributed by atoms with E-state index in [-0.39, 0.29) is 11.0 Å². The van der Waals surface area contributed by atoms with Gasteiger partial charge in [-0.3, -0.25) is 9.00 Å². The van der Waals surface area contributed by atoms with Crippen LogP contribution in [0.5, 0.6) is 0 Å². The van der Waals surface area contributed by atoms with Crippen LogP contribution >= 0.6 is 0 Å². The lowest BCUT2D eigenvalue weighted by molar-refractivity contribution is -0.332. The summed E-state index contributed by atoms with van der Waals surface area (Å²) in [6.45, 7) is 0. The Balaban J connectivity index is 2.60. The van der Waals surface area contributed by atoms with Crippen LogP contribution in [0.2, 0.25) is 0 Å². The predicted octanol–water partition coefficient (Wildman–Crippen LogP) is 2.31. The van der Waals surface area contributed by atoms with Crippen LogP contribution in [-0.2, 0) is 25.4 Å². The summed E-state index contributed by atoms with van der Waals surface area (Å²) < 4.78 is 125. The summed E-state index contributed by atoms with van der Waals surface area (Å²) in [4.78, 5) is 9.43. The Morgan fingerprint density at radius 1 is 1.04 bits per heavy atom. The summed E-state index contributed by atoms with van der Waals surface area (Å²) in [6.07, 6.45) is -6.83. The van der Waals surface area contributed by atoms with E-state index in [0.29, 0.717) is 12.1 Å². The number of alkyl halides is 7. The molecule has 1 N–H and O–H groups in total. The van der Waals surface area contributed by atoms with Crippen molar-refractivity contribution in [1.82, 2.24) is 0 Å². The van der Waals surface area contributed by atoms with Crippen molar-refractivity contribution in [3.63, 3.8) is 0 Å². The molecule has 140 valence electrons. The topological polar surface area (TPSA) is 80.3 Å². The number of amides is 1. The van der Waals surface area contributed by atoms with E-state index in [2.05, 4.69) is 0 Å². The third-order valence-electron chi connectivity index (χ3n) is 3.10. The highest BCUT2D eigenvalue weighted by molar-refractivity contribution is 7.92. The molecule has 1 aliphatic heterocycles. The van der Waals surface area contributed by atoms with Crippen LogP contribution in [0.1, 0.15) is 0 Å². The van der Waals surface area contributed by atoms with E-state index >= 15 is 0 Å². The number of carbonyl (C=O) groups excluding carboxylic acids is 1. The molecule has 0 aromatic heterocycles. The molecular formula is C11H6F7NO4S2. The smallest absolute Gasteiger partial charge is 0.324 e. The van der Waals surface area contributed by atoms with Gasteiger partial charge in [0, 0.05) is 0 Å². The number of rotatable bonds is 3. The zero-order valence-corrected chi connectivity index (χ0v) is 13.2. The van der Waals surface area contributed by atoms with E-state index in [1.807, 2.05) is 5.32 Å². The molecule has 1 aromatic rings. The molecule has 1 heterocycles. The second kappa shape index (κ2) is 5.65. The molecule has 0 radical (unpaired) electrons. The van der Waals surface area contributed by atoms with Crippen molar-refractivity contribution in [1.29, 1.82) is 0 Å². The van der Waals surface area contributed by atoms with Crippen LogP contribution < -0.4 is 5.32 Å². The number of benzene rings is 1. The van der Waals surface area contributed by atoms with E-state index in [1.54, 1.807) is 0 Å². The maximum atomic E-state index is 13.5. The normalized spacial score (nSPS) is 19.3. The van der Waals surface area contributed by atoms with Gasteiger partial charge in [0.25, 0.3) is 0 Å². The summed E-state index contributed by atoms with van der Waals surface area (Å²) in [7, 11) is -8.46. The number of carbonyl (C=O) groups is 1. The maximum absolute atomic E-state index is 13.5. The molecule has 0 saturated heterocycles. The number of halogens is 7. The highest BCUT2D eigenvalue weighted by Gasteiger charge is 2.78. The number of hydrogen-bond donors (Lipinski definition) is 1. The molecule has 1 atom stereocenters.